The Labute approximate surface area is 224 Å². The molecule has 0 aliphatic rings. The minimum atomic E-state index is -4.11. The second kappa shape index (κ2) is 11.8. The molecular weight excluding hydrogens is 510 g/mol. The van der Waals surface area contributed by atoms with Crippen LogP contribution >= 0.6 is 11.6 Å². The van der Waals surface area contributed by atoms with Crippen molar-refractivity contribution in [3.05, 3.63) is 94.0 Å². The lowest BCUT2D eigenvalue weighted by atomic mass is 10.1. The number of amides is 2. The maximum atomic E-state index is 13.9. The van der Waals surface area contributed by atoms with Crippen LogP contribution in [0, 0.1) is 20.8 Å². The molecule has 9 heteroatoms. The predicted molar refractivity (Wildman–Crippen MR) is 147 cm³/mol. The van der Waals surface area contributed by atoms with E-state index < -0.39 is 28.5 Å². The van der Waals surface area contributed by atoms with E-state index in [1.165, 1.54) is 24.1 Å². The van der Waals surface area contributed by atoms with Crippen molar-refractivity contribution in [2.75, 3.05) is 17.9 Å². The Hall–Kier alpha value is -3.36. The smallest absolute Gasteiger partial charge is 0.264 e. The number of halogens is 1. The molecule has 0 fully saturated rings. The van der Waals surface area contributed by atoms with E-state index in [1.807, 2.05) is 26.0 Å². The summed E-state index contributed by atoms with van der Waals surface area (Å²) < 4.78 is 28.9. The molecule has 0 aromatic heterocycles. The molecular formula is C28H32ClN3O4S. The first-order chi connectivity index (χ1) is 17.4. The summed E-state index contributed by atoms with van der Waals surface area (Å²) in [5, 5.41) is 3.01. The van der Waals surface area contributed by atoms with Gasteiger partial charge in [0.2, 0.25) is 11.8 Å². The molecule has 0 saturated heterocycles. The molecule has 0 radical (unpaired) electrons. The number of aryl methyl sites for hydroxylation is 3. The van der Waals surface area contributed by atoms with E-state index >= 15 is 0 Å². The van der Waals surface area contributed by atoms with E-state index in [0.29, 0.717) is 21.8 Å². The molecule has 2 amide bonds. The Morgan fingerprint density at radius 2 is 1.57 bits per heavy atom. The summed E-state index contributed by atoms with van der Waals surface area (Å²) in [4.78, 5) is 27.8. The largest absolute Gasteiger partial charge is 0.357 e. The number of benzene rings is 3. The molecule has 1 atom stereocenters. The van der Waals surface area contributed by atoms with Gasteiger partial charge in [0.05, 0.1) is 10.6 Å². The van der Waals surface area contributed by atoms with Gasteiger partial charge in [0.1, 0.15) is 12.6 Å². The zero-order valence-corrected chi connectivity index (χ0v) is 23.2. The summed E-state index contributed by atoms with van der Waals surface area (Å²) >= 11 is 6.35. The van der Waals surface area contributed by atoms with Gasteiger partial charge in [0.15, 0.2) is 0 Å². The number of nitrogens with zero attached hydrogens (tertiary/aromatic N) is 2. The van der Waals surface area contributed by atoms with Crippen LogP contribution in [0.1, 0.15) is 29.2 Å². The SMILES string of the molecule is CNC(=O)C(C)N(Cc1ccccc1Cl)C(=O)CN(c1cc(C)ccc1C)S(=O)(=O)c1ccc(C)cc1. The molecule has 196 valence electrons. The van der Waals surface area contributed by atoms with Crippen LogP contribution in [-0.2, 0) is 26.2 Å². The molecule has 0 aliphatic heterocycles. The molecule has 0 saturated carbocycles. The second-order valence-corrected chi connectivity index (χ2v) is 11.3. The Morgan fingerprint density at radius 3 is 2.19 bits per heavy atom. The van der Waals surface area contributed by atoms with Gasteiger partial charge in [-0.25, -0.2) is 8.42 Å². The number of carbonyl (C=O) groups is 2. The third kappa shape index (κ3) is 6.50. The van der Waals surface area contributed by atoms with Crippen molar-refractivity contribution in [2.24, 2.45) is 0 Å². The highest BCUT2D eigenvalue weighted by Crippen LogP contribution is 2.29. The first-order valence-electron chi connectivity index (χ1n) is 11.9. The van der Waals surface area contributed by atoms with E-state index in [4.69, 9.17) is 11.6 Å². The summed E-state index contributed by atoms with van der Waals surface area (Å²) in [7, 11) is -2.62. The van der Waals surface area contributed by atoms with Crippen molar-refractivity contribution in [3.8, 4) is 0 Å². The number of rotatable bonds is 9. The summed E-state index contributed by atoms with van der Waals surface area (Å²) in [6.07, 6.45) is 0. The van der Waals surface area contributed by atoms with Crippen molar-refractivity contribution >= 4 is 39.1 Å². The molecule has 3 aromatic carbocycles. The monoisotopic (exact) mass is 541 g/mol. The van der Waals surface area contributed by atoms with E-state index in [-0.39, 0.29) is 17.3 Å². The minimum Gasteiger partial charge on any atom is -0.357 e. The second-order valence-electron chi connectivity index (χ2n) is 9.02. The topological polar surface area (TPSA) is 86.8 Å². The van der Waals surface area contributed by atoms with Gasteiger partial charge in [-0.2, -0.15) is 0 Å². The van der Waals surface area contributed by atoms with Crippen LogP contribution < -0.4 is 9.62 Å². The molecule has 0 aliphatic carbocycles. The van der Waals surface area contributed by atoms with Crippen LogP contribution in [0.3, 0.4) is 0 Å². The predicted octanol–water partition coefficient (Wildman–Crippen LogP) is 4.62. The van der Waals surface area contributed by atoms with Gasteiger partial charge in [-0.05, 0) is 68.7 Å². The average molecular weight is 542 g/mol. The van der Waals surface area contributed by atoms with Crippen molar-refractivity contribution in [3.63, 3.8) is 0 Å². The van der Waals surface area contributed by atoms with Gasteiger partial charge in [-0.15, -0.1) is 0 Å². The summed E-state index contributed by atoms with van der Waals surface area (Å²) in [6.45, 7) is 6.68. The molecule has 3 aromatic rings. The first-order valence-corrected chi connectivity index (χ1v) is 13.7. The molecule has 1 N–H and O–H groups in total. The third-order valence-corrected chi connectivity index (χ3v) is 8.38. The van der Waals surface area contributed by atoms with Crippen LogP contribution in [0.2, 0.25) is 5.02 Å². The lowest BCUT2D eigenvalue weighted by Gasteiger charge is -2.32. The number of nitrogens with one attached hydrogen (secondary N) is 1. The van der Waals surface area contributed by atoms with Crippen molar-refractivity contribution in [1.29, 1.82) is 0 Å². The van der Waals surface area contributed by atoms with Crippen LogP contribution in [0.5, 0.6) is 0 Å². The maximum absolute atomic E-state index is 13.9. The van der Waals surface area contributed by atoms with Crippen molar-refractivity contribution < 1.29 is 18.0 Å². The van der Waals surface area contributed by atoms with E-state index in [1.54, 1.807) is 56.3 Å². The Bertz CT molecular complexity index is 1390. The van der Waals surface area contributed by atoms with E-state index in [0.717, 1.165) is 15.4 Å². The zero-order valence-electron chi connectivity index (χ0n) is 21.7. The van der Waals surface area contributed by atoms with Crippen LogP contribution in [0.4, 0.5) is 5.69 Å². The van der Waals surface area contributed by atoms with E-state index in [9.17, 15) is 18.0 Å². The van der Waals surface area contributed by atoms with Gasteiger partial charge in [0, 0.05) is 18.6 Å². The highest BCUT2D eigenvalue weighted by Gasteiger charge is 2.33. The quantitative estimate of drug-likeness (QED) is 0.428. The van der Waals surface area contributed by atoms with Crippen LogP contribution in [0.25, 0.3) is 0 Å². The molecule has 0 spiro atoms. The number of anilines is 1. The Morgan fingerprint density at radius 1 is 0.946 bits per heavy atom. The van der Waals surface area contributed by atoms with Gasteiger partial charge in [0.25, 0.3) is 10.0 Å². The van der Waals surface area contributed by atoms with Gasteiger partial charge in [-0.1, -0.05) is 59.6 Å². The van der Waals surface area contributed by atoms with Crippen LogP contribution in [-0.4, -0.2) is 44.8 Å². The van der Waals surface area contributed by atoms with Gasteiger partial charge in [-0.3, -0.25) is 13.9 Å². The summed E-state index contributed by atoms with van der Waals surface area (Å²) in [6, 6.07) is 18.1. The Balaban J connectivity index is 2.09. The highest BCUT2D eigenvalue weighted by atomic mass is 35.5. The van der Waals surface area contributed by atoms with E-state index in [2.05, 4.69) is 5.32 Å². The molecule has 0 bridgehead atoms. The van der Waals surface area contributed by atoms with Crippen molar-refractivity contribution in [2.45, 2.75) is 45.2 Å². The number of likely N-dealkylation sites (N-methyl/N-ethyl adjacent to an activating group) is 1. The summed E-state index contributed by atoms with van der Waals surface area (Å²) in [5.74, 6) is -0.910. The van der Waals surface area contributed by atoms with Crippen molar-refractivity contribution in [1.82, 2.24) is 10.2 Å². The number of hydrogen-bond acceptors (Lipinski definition) is 4. The van der Waals surface area contributed by atoms with Gasteiger partial charge >= 0.3 is 0 Å². The highest BCUT2D eigenvalue weighted by molar-refractivity contribution is 7.92. The molecule has 7 nitrogen and oxygen atoms in total. The summed E-state index contributed by atoms with van der Waals surface area (Å²) in [5.41, 5.74) is 3.51. The minimum absolute atomic E-state index is 0.0400. The fraction of sp³-hybridized carbons (Fsp3) is 0.286. The maximum Gasteiger partial charge on any atom is 0.264 e. The standard InChI is InChI=1S/C28H32ClN3O4S/c1-19-11-14-24(15-12-19)37(35,36)32(26-16-20(2)10-13-21(26)3)18-27(33)31(22(4)28(34)30-5)17-23-8-6-7-9-25(23)29/h6-16,22H,17-18H2,1-5H3,(H,30,34). The molecule has 3 rings (SSSR count). The Kier molecular flexibility index (Phi) is 8.99. The van der Waals surface area contributed by atoms with Gasteiger partial charge < -0.3 is 10.2 Å². The molecule has 37 heavy (non-hydrogen) atoms. The lowest BCUT2D eigenvalue weighted by Crippen LogP contribution is -2.50. The number of carbonyl (C=O) groups excluding carboxylic acids is 2. The number of sulfonamides is 1. The fourth-order valence-electron chi connectivity index (χ4n) is 3.94. The average Bonchev–Trinajstić information content (AvgIpc) is 2.87. The first kappa shape index (κ1) is 28.2. The molecule has 0 heterocycles. The van der Waals surface area contributed by atoms with Crippen LogP contribution in [0.15, 0.2) is 71.6 Å². The third-order valence-electron chi connectivity index (χ3n) is 6.23. The lowest BCUT2D eigenvalue weighted by molar-refractivity contribution is -0.139. The normalized spacial score (nSPS) is 12.1. The number of hydrogen-bond donors (Lipinski definition) is 1. The molecule has 1 unspecified atom stereocenters. The fourth-order valence-corrected chi connectivity index (χ4v) is 5.61. The zero-order chi connectivity index (χ0) is 27.3.